The van der Waals surface area contributed by atoms with Crippen LogP contribution in [0.25, 0.3) is 0 Å². The minimum atomic E-state index is -4.48. The summed E-state index contributed by atoms with van der Waals surface area (Å²) in [5.41, 5.74) is -1.21. The molecule has 0 fully saturated rings. The first-order valence-corrected chi connectivity index (χ1v) is 3.99. The summed E-state index contributed by atoms with van der Waals surface area (Å²) in [7, 11) is 0. The zero-order chi connectivity index (χ0) is 10.9. The summed E-state index contributed by atoms with van der Waals surface area (Å²) in [4.78, 5) is 0. The van der Waals surface area contributed by atoms with Crippen molar-refractivity contribution in [2.24, 2.45) is 0 Å². The van der Waals surface area contributed by atoms with E-state index in [1.165, 1.54) is 10.9 Å². The molecule has 0 aliphatic heterocycles. The Morgan fingerprint density at radius 3 is 2.36 bits per heavy atom. The van der Waals surface area contributed by atoms with Crippen molar-refractivity contribution in [2.75, 3.05) is 0 Å². The first-order valence-electron chi connectivity index (χ1n) is 3.99. The second-order valence-electron chi connectivity index (χ2n) is 3.11. The molecule has 0 atom stereocenters. The lowest BCUT2D eigenvalue weighted by molar-refractivity contribution is -0.141. The van der Waals surface area contributed by atoms with Crippen molar-refractivity contribution in [1.82, 2.24) is 9.78 Å². The van der Waals surface area contributed by atoms with Crippen LogP contribution in [0, 0.1) is 12.3 Å². The minimum absolute atomic E-state index is 0.141. The first-order chi connectivity index (χ1) is 6.36. The molecule has 0 N–H and O–H groups in total. The van der Waals surface area contributed by atoms with Crippen LogP contribution in [0.1, 0.15) is 31.1 Å². The molecule has 1 aromatic heterocycles. The Morgan fingerprint density at radius 2 is 2.07 bits per heavy atom. The van der Waals surface area contributed by atoms with Crippen LogP contribution in [0.3, 0.4) is 0 Å². The van der Waals surface area contributed by atoms with Crippen LogP contribution in [0.15, 0.2) is 6.20 Å². The Labute approximate surface area is 79.7 Å². The van der Waals surface area contributed by atoms with Gasteiger partial charge < -0.3 is 0 Å². The number of rotatable bonds is 1. The Kier molecular flexibility index (Phi) is 2.56. The van der Waals surface area contributed by atoms with Gasteiger partial charge in [0.05, 0.1) is 5.56 Å². The SMILES string of the molecule is C#Cc1cn(C(C)C)nc1C(F)(F)F. The molecule has 0 aliphatic rings. The molecule has 5 heteroatoms. The molecule has 76 valence electrons. The fraction of sp³-hybridized carbons (Fsp3) is 0.444. The van der Waals surface area contributed by atoms with Crippen molar-refractivity contribution in [3.05, 3.63) is 17.5 Å². The van der Waals surface area contributed by atoms with Gasteiger partial charge in [0.1, 0.15) is 0 Å². The summed E-state index contributed by atoms with van der Waals surface area (Å²) in [5, 5.41) is 3.40. The maximum atomic E-state index is 12.3. The average molecular weight is 202 g/mol. The van der Waals surface area contributed by atoms with Crippen LogP contribution >= 0.6 is 0 Å². The lowest BCUT2D eigenvalue weighted by Gasteiger charge is -2.04. The number of hydrogen-bond acceptors (Lipinski definition) is 1. The van der Waals surface area contributed by atoms with Crippen molar-refractivity contribution < 1.29 is 13.2 Å². The molecule has 1 rings (SSSR count). The standard InChI is InChI=1S/C9H9F3N2/c1-4-7-5-14(6(2)3)13-8(7)9(10,11)12/h1,5-6H,2-3H3. The third-order valence-electron chi connectivity index (χ3n) is 1.69. The second kappa shape index (κ2) is 3.37. The highest BCUT2D eigenvalue weighted by molar-refractivity contribution is 5.35. The lowest BCUT2D eigenvalue weighted by atomic mass is 10.2. The topological polar surface area (TPSA) is 17.8 Å². The summed E-state index contributed by atoms with van der Waals surface area (Å²) in [5.74, 6) is 1.97. The van der Waals surface area contributed by atoms with Gasteiger partial charge in [-0.2, -0.15) is 18.3 Å². The molecule has 14 heavy (non-hydrogen) atoms. The Bertz CT molecular complexity index is 368. The smallest absolute Gasteiger partial charge is 0.268 e. The van der Waals surface area contributed by atoms with Gasteiger partial charge in [-0.05, 0) is 13.8 Å². The van der Waals surface area contributed by atoms with Crippen LogP contribution in [0.5, 0.6) is 0 Å². The molecule has 1 heterocycles. The molecule has 0 radical (unpaired) electrons. The fourth-order valence-corrected chi connectivity index (χ4v) is 0.971. The van der Waals surface area contributed by atoms with E-state index in [-0.39, 0.29) is 11.6 Å². The highest BCUT2D eigenvalue weighted by atomic mass is 19.4. The third-order valence-corrected chi connectivity index (χ3v) is 1.69. The maximum Gasteiger partial charge on any atom is 0.436 e. The Morgan fingerprint density at radius 1 is 1.50 bits per heavy atom. The molecule has 0 saturated heterocycles. The van der Waals surface area contributed by atoms with Crippen molar-refractivity contribution in [1.29, 1.82) is 0 Å². The highest BCUT2D eigenvalue weighted by Gasteiger charge is 2.37. The van der Waals surface area contributed by atoms with E-state index in [0.717, 1.165) is 0 Å². The monoisotopic (exact) mass is 202 g/mol. The van der Waals surface area contributed by atoms with E-state index in [0.29, 0.717) is 0 Å². The van der Waals surface area contributed by atoms with Gasteiger partial charge in [-0.3, -0.25) is 4.68 Å². The quantitative estimate of drug-likeness (QED) is 0.639. The Balaban J connectivity index is 3.24. The van der Waals surface area contributed by atoms with Gasteiger partial charge in [-0.25, -0.2) is 0 Å². The number of terminal acetylenes is 1. The molecule has 0 aliphatic carbocycles. The third kappa shape index (κ3) is 1.90. The zero-order valence-electron chi connectivity index (χ0n) is 7.76. The number of hydrogen-bond donors (Lipinski definition) is 0. The summed E-state index contributed by atoms with van der Waals surface area (Å²) in [6.45, 7) is 3.46. The molecule has 0 aromatic carbocycles. The normalized spacial score (nSPS) is 11.8. The van der Waals surface area contributed by atoms with Crippen LogP contribution < -0.4 is 0 Å². The van der Waals surface area contributed by atoms with Gasteiger partial charge in [0.15, 0.2) is 5.69 Å². The molecule has 0 unspecified atom stereocenters. The van der Waals surface area contributed by atoms with Crippen molar-refractivity contribution in [2.45, 2.75) is 26.1 Å². The van der Waals surface area contributed by atoms with Crippen LogP contribution in [-0.4, -0.2) is 9.78 Å². The molecular formula is C9H9F3N2. The van der Waals surface area contributed by atoms with Crippen molar-refractivity contribution >= 4 is 0 Å². The summed E-state index contributed by atoms with van der Waals surface area (Å²) in [6, 6.07) is -0.141. The molecular weight excluding hydrogens is 193 g/mol. The first kappa shape index (κ1) is 10.6. The van der Waals surface area contributed by atoms with Crippen LogP contribution in [-0.2, 0) is 6.18 Å². The number of aromatic nitrogens is 2. The predicted octanol–water partition coefficient (Wildman–Crippen LogP) is 2.46. The number of alkyl halides is 3. The van der Waals surface area contributed by atoms with Gasteiger partial charge in [0.2, 0.25) is 0 Å². The highest BCUT2D eigenvalue weighted by Crippen LogP contribution is 2.30. The van der Waals surface area contributed by atoms with Gasteiger partial charge in [-0.1, -0.05) is 5.92 Å². The lowest BCUT2D eigenvalue weighted by Crippen LogP contribution is -2.10. The maximum absolute atomic E-state index is 12.3. The molecule has 0 bridgehead atoms. The molecule has 1 aromatic rings. The van der Waals surface area contributed by atoms with E-state index in [4.69, 9.17) is 6.42 Å². The van der Waals surface area contributed by atoms with Gasteiger partial charge in [0, 0.05) is 12.2 Å². The van der Waals surface area contributed by atoms with Crippen LogP contribution in [0.2, 0.25) is 0 Å². The number of halogens is 3. The number of nitrogens with zero attached hydrogens (tertiary/aromatic N) is 2. The van der Waals surface area contributed by atoms with Gasteiger partial charge in [-0.15, -0.1) is 6.42 Å². The molecule has 0 spiro atoms. The summed E-state index contributed by atoms with van der Waals surface area (Å²) in [6.07, 6.45) is 1.70. The second-order valence-corrected chi connectivity index (χ2v) is 3.11. The minimum Gasteiger partial charge on any atom is -0.268 e. The van der Waals surface area contributed by atoms with Crippen LogP contribution in [0.4, 0.5) is 13.2 Å². The predicted molar refractivity (Wildman–Crippen MR) is 45.5 cm³/mol. The summed E-state index contributed by atoms with van der Waals surface area (Å²) >= 11 is 0. The van der Waals surface area contributed by atoms with E-state index in [9.17, 15) is 13.2 Å². The van der Waals surface area contributed by atoms with E-state index >= 15 is 0 Å². The molecule has 0 saturated carbocycles. The van der Waals surface area contributed by atoms with E-state index in [1.807, 2.05) is 5.92 Å². The molecule has 0 amide bonds. The molecule has 2 nitrogen and oxygen atoms in total. The van der Waals surface area contributed by atoms with E-state index in [2.05, 4.69) is 5.10 Å². The largest absolute Gasteiger partial charge is 0.436 e. The van der Waals surface area contributed by atoms with E-state index < -0.39 is 11.9 Å². The van der Waals surface area contributed by atoms with E-state index in [1.54, 1.807) is 13.8 Å². The average Bonchev–Trinajstić information content (AvgIpc) is 2.46. The summed E-state index contributed by atoms with van der Waals surface area (Å²) < 4.78 is 38.2. The van der Waals surface area contributed by atoms with Crippen molar-refractivity contribution in [3.8, 4) is 12.3 Å². The fourth-order valence-electron chi connectivity index (χ4n) is 0.971. The Hall–Kier alpha value is -1.44. The van der Waals surface area contributed by atoms with Crippen molar-refractivity contribution in [3.63, 3.8) is 0 Å². The van der Waals surface area contributed by atoms with Gasteiger partial charge in [0.25, 0.3) is 0 Å². The zero-order valence-corrected chi connectivity index (χ0v) is 7.76. The van der Waals surface area contributed by atoms with Gasteiger partial charge >= 0.3 is 6.18 Å².